The summed E-state index contributed by atoms with van der Waals surface area (Å²) >= 11 is 0. The number of pyridine rings is 1. The van der Waals surface area contributed by atoms with Gasteiger partial charge in [0.25, 0.3) is 0 Å². The molecule has 1 N–H and O–H groups in total. The van der Waals surface area contributed by atoms with Crippen LogP contribution in [-0.2, 0) is 6.54 Å². The van der Waals surface area contributed by atoms with Crippen molar-refractivity contribution in [3.8, 4) is 0 Å². The minimum absolute atomic E-state index is 0.144. The SMILES string of the molecule is CC(C)(C)NCc1ccncc1N1CCN(C2CC2)CC1. The second kappa shape index (κ2) is 5.93. The highest BCUT2D eigenvalue weighted by Gasteiger charge is 2.31. The van der Waals surface area contributed by atoms with Crippen LogP contribution in [0.2, 0.25) is 0 Å². The molecule has 1 saturated heterocycles. The van der Waals surface area contributed by atoms with E-state index in [1.807, 2.05) is 12.4 Å². The molecule has 21 heavy (non-hydrogen) atoms. The number of nitrogens with zero attached hydrogens (tertiary/aromatic N) is 3. The number of hydrogen-bond donors (Lipinski definition) is 1. The Morgan fingerprint density at radius 3 is 2.52 bits per heavy atom. The van der Waals surface area contributed by atoms with Crippen LogP contribution in [0.15, 0.2) is 18.5 Å². The predicted molar refractivity (Wildman–Crippen MR) is 87.6 cm³/mol. The normalized spacial score (nSPS) is 20.8. The van der Waals surface area contributed by atoms with Crippen molar-refractivity contribution in [2.75, 3.05) is 31.1 Å². The molecule has 0 aromatic carbocycles. The third-order valence-electron chi connectivity index (χ3n) is 4.41. The summed E-state index contributed by atoms with van der Waals surface area (Å²) in [7, 11) is 0. The highest BCUT2D eigenvalue weighted by atomic mass is 15.3. The van der Waals surface area contributed by atoms with Crippen molar-refractivity contribution in [2.24, 2.45) is 0 Å². The number of hydrogen-bond acceptors (Lipinski definition) is 4. The van der Waals surface area contributed by atoms with Crippen LogP contribution in [0.25, 0.3) is 0 Å². The van der Waals surface area contributed by atoms with Gasteiger partial charge in [-0.05, 0) is 45.2 Å². The van der Waals surface area contributed by atoms with E-state index in [2.05, 4.69) is 46.9 Å². The molecule has 4 heteroatoms. The van der Waals surface area contributed by atoms with E-state index in [1.165, 1.54) is 37.2 Å². The third-order valence-corrected chi connectivity index (χ3v) is 4.41. The molecule has 1 aromatic heterocycles. The van der Waals surface area contributed by atoms with Gasteiger partial charge >= 0.3 is 0 Å². The van der Waals surface area contributed by atoms with Gasteiger partial charge in [0.1, 0.15) is 0 Å². The van der Waals surface area contributed by atoms with E-state index in [9.17, 15) is 0 Å². The van der Waals surface area contributed by atoms with Crippen LogP contribution in [-0.4, -0.2) is 47.6 Å². The molecule has 0 radical (unpaired) electrons. The van der Waals surface area contributed by atoms with Crippen LogP contribution < -0.4 is 10.2 Å². The molecule has 2 heterocycles. The summed E-state index contributed by atoms with van der Waals surface area (Å²) < 4.78 is 0. The third kappa shape index (κ3) is 3.95. The molecular weight excluding hydrogens is 260 g/mol. The average Bonchev–Trinajstić information content (AvgIpc) is 3.30. The van der Waals surface area contributed by atoms with Gasteiger partial charge in [0.2, 0.25) is 0 Å². The smallest absolute Gasteiger partial charge is 0.0599 e. The Balaban J connectivity index is 1.64. The van der Waals surface area contributed by atoms with E-state index in [-0.39, 0.29) is 5.54 Å². The van der Waals surface area contributed by atoms with Crippen molar-refractivity contribution in [1.82, 2.24) is 15.2 Å². The number of aromatic nitrogens is 1. The van der Waals surface area contributed by atoms with E-state index < -0.39 is 0 Å². The standard InChI is InChI=1S/C17H28N4/c1-17(2,3)19-12-14-6-7-18-13-16(14)21-10-8-20(9-11-21)15-4-5-15/h6-7,13,15,19H,4-5,8-12H2,1-3H3. The summed E-state index contributed by atoms with van der Waals surface area (Å²) in [6.07, 6.45) is 6.76. The first-order chi connectivity index (χ1) is 10.0. The Bertz CT molecular complexity index is 468. The highest BCUT2D eigenvalue weighted by molar-refractivity contribution is 5.52. The fraction of sp³-hybridized carbons (Fsp3) is 0.706. The molecule has 0 amide bonds. The Kier molecular flexibility index (Phi) is 4.18. The predicted octanol–water partition coefficient (Wildman–Crippen LogP) is 2.25. The Labute approximate surface area is 128 Å². The first-order valence-electron chi connectivity index (χ1n) is 8.20. The van der Waals surface area contributed by atoms with Crippen LogP contribution in [0, 0.1) is 0 Å². The summed E-state index contributed by atoms with van der Waals surface area (Å²) in [5.74, 6) is 0. The summed E-state index contributed by atoms with van der Waals surface area (Å²) in [4.78, 5) is 9.51. The molecule has 2 fully saturated rings. The maximum absolute atomic E-state index is 4.35. The van der Waals surface area contributed by atoms with E-state index in [1.54, 1.807) is 0 Å². The molecule has 1 aliphatic heterocycles. The second-order valence-corrected chi connectivity index (χ2v) is 7.36. The molecule has 116 valence electrons. The number of nitrogens with one attached hydrogen (secondary N) is 1. The van der Waals surface area contributed by atoms with Gasteiger partial charge in [0.05, 0.1) is 11.9 Å². The average molecular weight is 288 g/mol. The van der Waals surface area contributed by atoms with Crippen LogP contribution in [0.1, 0.15) is 39.2 Å². The van der Waals surface area contributed by atoms with Gasteiger partial charge in [-0.15, -0.1) is 0 Å². The lowest BCUT2D eigenvalue weighted by molar-refractivity contribution is 0.248. The molecular formula is C17H28N4. The zero-order chi connectivity index (χ0) is 14.9. The number of rotatable bonds is 4. The van der Waals surface area contributed by atoms with Crippen molar-refractivity contribution in [3.63, 3.8) is 0 Å². The molecule has 4 nitrogen and oxygen atoms in total. The molecule has 0 unspecified atom stereocenters. The lowest BCUT2D eigenvalue weighted by Crippen LogP contribution is -2.47. The van der Waals surface area contributed by atoms with Gasteiger partial charge in [0.15, 0.2) is 0 Å². The largest absolute Gasteiger partial charge is 0.367 e. The number of anilines is 1. The lowest BCUT2D eigenvalue weighted by Gasteiger charge is -2.37. The van der Waals surface area contributed by atoms with Crippen LogP contribution in [0.5, 0.6) is 0 Å². The van der Waals surface area contributed by atoms with Crippen molar-refractivity contribution in [2.45, 2.75) is 51.7 Å². The van der Waals surface area contributed by atoms with E-state index >= 15 is 0 Å². The Hall–Kier alpha value is -1.13. The van der Waals surface area contributed by atoms with Crippen molar-refractivity contribution in [3.05, 3.63) is 24.0 Å². The number of piperazine rings is 1. The van der Waals surface area contributed by atoms with Gasteiger partial charge in [-0.2, -0.15) is 0 Å². The fourth-order valence-corrected chi connectivity index (χ4v) is 2.98. The van der Waals surface area contributed by atoms with Gasteiger partial charge in [-0.1, -0.05) is 0 Å². The summed E-state index contributed by atoms with van der Waals surface area (Å²) in [5.41, 5.74) is 2.81. The van der Waals surface area contributed by atoms with Crippen LogP contribution in [0.3, 0.4) is 0 Å². The van der Waals surface area contributed by atoms with Crippen LogP contribution >= 0.6 is 0 Å². The van der Waals surface area contributed by atoms with E-state index in [4.69, 9.17) is 0 Å². The summed E-state index contributed by atoms with van der Waals surface area (Å²) in [6.45, 7) is 12.2. The lowest BCUT2D eigenvalue weighted by atomic mass is 10.1. The molecule has 0 atom stereocenters. The van der Waals surface area contributed by atoms with Crippen molar-refractivity contribution < 1.29 is 0 Å². The maximum atomic E-state index is 4.35. The van der Waals surface area contributed by atoms with Crippen molar-refractivity contribution in [1.29, 1.82) is 0 Å². The minimum Gasteiger partial charge on any atom is -0.367 e. The van der Waals surface area contributed by atoms with Gasteiger partial charge < -0.3 is 10.2 Å². The van der Waals surface area contributed by atoms with E-state index in [0.29, 0.717) is 0 Å². The van der Waals surface area contributed by atoms with Gasteiger partial charge in [0, 0.05) is 50.5 Å². The molecule has 0 spiro atoms. The topological polar surface area (TPSA) is 31.4 Å². The molecule has 2 aliphatic rings. The fourth-order valence-electron chi connectivity index (χ4n) is 2.98. The molecule has 3 rings (SSSR count). The zero-order valence-electron chi connectivity index (χ0n) is 13.6. The minimum atomic E-state index is 0.144. The summed E-state index contributed by atoms with van der Waals surface area (Å²) in [6, 6.07) is 3.05. The second-order valence-electron chi connectivity index (χ2n) is 7.36. The molecule has 1 saturated carbocycles. The van der Waals surface area contributed by atoms with E-state index in [0.717, 1.165) is 25.7 Å². The monoisotopic (exact) mass is 288 g/mol. The first kappa shape index (κ1) is 14.8. The molecule has 0 bridgehead atoms. The highest BCUT2D eigenvalue weighted by Crippen LogP contribution is 2.29. The summed E-state index contributed by atoms with van der Waals surface area (Å²) in [5, 5.41) is 3.59. The van der Waals surface area contributed by atoms with Crippen molar-refractivity contribution >= 4 is 5.69 Å². The van der Waals surface area contributed by atoms with Gasteiger partial charge in [-0.3, -0.25) is 9.88 Å². The maximum Gasteiger partial charge on any atom is 0.0599 e. The Morgan fingerprint density at radius 1 is 1.19 bits per heavy atom. The first-order valence-corrected chi connectivity index (χ1v) is 8.20. The molecule has 1 aliphatic carbocycles. The van der Waals surface area contributed by atoms with Gasteiger partial charge in [-0.25, -0.2) is 0 Å². The zero-order valence-corrected chi connectivity index (χ0v) is 13.6. The van der Waals surface area contributed by atoms with Crippen LogP contribution in [0.4, 0.5) is 5.69 Å². The molecule has 1 aromatic rings. The Morgan fingerprint density at radius 2 is 1.90 bits per heavy atom. The quantitative estimate of drug-likeness (QED) is 0.921.